The number of nitrogens with zero attached hydrogens (tertiary/aromatic N) is 1. The summed E-state index contributed by atoms with van der Waals surface area (Å²) in [4.78, 5) is 25.4. The van der Waals surface area contributed by atoms with Crippen LogP contribution >= 0.6 is 0 Å². The average Bonchev–Trinajstić information content (AvgIpc) is 2.44. The van der Waals surface area contributed by atoms with E-state index in [9.17, 15) is 9.59 Å². The maximum atomic E-state index is 11.9. The normalized spacial score (nSPS) is 10.5. The van der Waals surface area contributed by atoms with Crippen molar-refractivity contribution < 1.29 is 9.59 Å². The molecule has 0 aromatic heterocycles. The minimum Gasteiger partial charge on any atom is -0.354 e. The van der Waals surface area contributed by atoms with E-state index >= 15 is 0 Å². The number of rotatable bonds is 7. The number of hydrogen-bond acceptors (Lipinski definition) is 2. The van der Waals surface area contributed by atoms with Gasteiger partial charge in [-0.15, -0.1) is 0 Å². The molecule has 0 aliphatic heterocycles. The summed E-state index contributed by atoms with van der Waals surface area (Å²) < 4.78 is 0. The third-order valence-corrected chi connectivity index (χ3v) is 3.68. The lowest BCUT2D eigenvalue weighted by molar-refractivity contribution is -0.125. The SMILES string of the molecule is CCC(CC)C(=O)NCCN(C(C)=O)c1cccc(C)c1. The first kappa shape index (κ1) is 17.2. The van der Waals surface area contributed by atoms with E-state index in [1.807, 2.05) is 45.0 Å². The van der Waals surface area contributed by atoms with Crippen LogP contribution < -0.4 is 10.2 Å². The monoisotopic (exact) mass is 290 g/mol. The van der Waals surface area contributed by atoms with E-state index < -0.39 is 0 Å². The fourth-order valence-electron chi connectivity index (χ4n) is 2.36. The van der Waals surface area contributed by atoms with Gasteiger partial charge in [0.15, 0.2) is 0 Å². The third-order valence-electron chi connectivity index (χ3n) is 3.68. The number of amides is 2. The number of carbonyl (C=O) groups is 2. The molecule has 21 heavy (non-hydrogen) atoms. The molecule has 1 N–H and O–H groups in total. The predicted octanol–water partition coefficient (Wildman–Crippen LogP) is 2.90. The van der Waals surface area contributed by atoms with Crippen LogP contribution in [-0.4, -0.2) is 24.9 Å². The molecule has 0 unspecified atom stereocenters. The Morgan fingerprint density at radius 2 is 1.90 bits per heavy atom. The number of anilines is 1. The summed E-state index contributed by atoms with van der Waals surface area (Å²) in [7, 11) is 0. The van der Waals surface area contributed by atoms with Crippen molar-refractivity contribution in [2.45, 2.75) is 40.5 Å². The summed E-state index contributed by atoms with van der Waals surface area (Å²) in [5.74, 6) is 0.125. The van der Waals surface area contributed by atoms with E-state index in [4.69, 9.17) is 0 Å². The highest BCUT2D eigenvalue weighted by Gasteiger charge is 2.15. The van der Waals surface area contributed by atoms with Crippen LogP contribution in [0.25, 0.3) is 0 Å². The van der Waals surface area contributed by atoms with Crippen LogP contribution in [0.4, 0.5) is 5.69 Å². The molecule has 0 atom stereocenters. The largest absolute Gasteiger partial charge is 0.354 e. The second-order valence-electron chi connectivity index (χ2n) is 5.31. The fraction of sp³-hybridized carbons (Fsp3) is 0.529. The van der Waals surface area contributed by atoms with Crippen molar-refractivity contribution in [2.24, 2.45) is 5.92 Å². The molecule has 1 aromatic rings. The average molecular weight is 290 g/mol. The van der Waals surface area contributed by atoms with Crippen molar-refractivity contribution in [2.75, 3.05) is 18.0 Å². The predicted molar refractivity (Wildman–Crippen MR) is 86.3 cm³/mol. The summed E-state index contributed by atoms with van der Waals surface area (Å²) in [6, 6.07) is 7.82. The van der Waals surface area contributed by atoms with Gasteiger partial charge in [0.05, 0.1) is 0 Å². The van der Waals surface area contributed by atoms with Gasteiger partial charge < -0.3 is 10.2 Å². The molecule has 4 heteroatoms. The van der Waals surface area contributed by atoms with Gasteiger partial charge in [-0.2, -0.15) is 0 Å². The standard InChI is InChI=1S/C17H26N2O2/c1-5-15(6-2)17(21)18-10-11-19(14(4)20)16-9-7-8-13(3)12-16/h7-9,12,15H,5-6,10-11H2,1-4H3,(H,18,21). The summed E-state index contributed by atoms with van der Waals surface area (Å²) in [5.41, 5.74) is 1.99. The maximum absolute atomic E-state index is 11.9. The summed E-state index contributed by atoms with van der Waals surface area (Å²) in [6.07, 6.45) is 1.69. The molecule has 4 nitrogen and oxygen atoms in total. The molecule has 0 radical (unpaired) electrons. The van der Waals surface area contributed by atoms with Crippen LogP contribution in [0.15, 0.2) is 24.3 Å². The third kappa shape index (κ3) is 5.21. The van der Waals surface area contributed by atoms with Gasteiger partial charge in [-0.1, -0.05) is 26.0 Å². The highest BCUT2D eigenvalue weighted by Crippen LogP contribution is 2.15. The van der Waals surface area contributed by atoms with Gasteiger partial charge in [0, 0.05) is 31.6 Å². The van der Waals surface area contributed by atoms with E-state index in [0.29, 0.717) is 13.1 Å². The molecule has 1 rings (SSSR count). The Hall–Kier alpha value is -1.84. The summed E-state index contributed by atoms with van der Waals surface area (Å²) in [5, 5.41) is 2.92. The summed E-state index contributed by atoms with van der Waals surface area (Å²) in [6.45, 7) is 8.54. The quantitative estimate of drug-likeness (QED) is 0.839. The Bertz CT molecular complexity index is 481. The van der Waals surface area contributed by atoms with E-state index in [0.717, 1.165) is 24.1 Å². The topological polar surface area (TPSA) is 49.4 Å². The van der Waals surface area contributed by atoms with E-state index in [1.165, 1.54) is 0 Å². The second kappa shape index (κ2) is 8.45. The van der Waals surface area contributed by atoms with Crippen LogP contribution in [-0.2, 0) is 9.59 Å². The molecule has 2 amide bonds. The minimum absolute atomic E-state index is 0.0163. The van der Waals surface area contributed by atoms with Crippen molar-refractivity contribution in [1.82, 2.24) is 5.32 Å². The highest BCUT2D eigenvalue weighted by molar-refractivity contribution is 5.91. The molecule has 0 heterocycles. The van der Waals surface area contributed by atoms with Crippen molar-refractivity contribution in [1.29, 1.82) is 0 Å². The molecule has 0 aliphatic carbocycles. The minimum atomic E-state index is -0.0163. The Morgan fingerprint density at radius 1 is 1.24 bits per heavy atom. The molecule has 116 valence electrons. The van der Waals surface area contributed by atoms with E-state index in [-0.39, 0.29) is 17.7 Å². The number of benzene rings is 1. The summed E-state index contributed by atoms with van der Waals surface area (Å²) >= 11 is 0. The van der Waals surface area contributed by atoms with Crippen LogP contribution in [0.3, 0.4) is 0 Å². The van der Waals surface area contributed by atoms with Gasteiger partial charge in [-0.3, -0.25) is 9.59 Å². The molecule has 0 fully saturated rings. The fourth-order valence-corrected chi connectivity index (χ4v) is 2.36. The van der Waals surface area contributed by atoms with Gasteiger partial charge >= 0.3 is 0 Å². The van der Waals surface area contributed by atoms with Gasteiger partial charge in [0.25, 0.3) is 0 Å². The lowest BCUT2D eigenvalue weighted by Gasteiger charge is -2.22. The van der Waals surface area contributed by atoms with Crippen LogP contribution in [0.2, 0.25) is 0 Å². The van der Waals surface area contributed by atoms with Gasteiger partial charge in [0.1, 0.15) is 0 Å². The van der Waals surface area contributed by atoms with Gasteiger partial charge in [0.2, 0.25) is 11.8 Å². The Morgan fingerprint density at radius 3 is 2.43 bits per heavy atom. The Kier molecular flexibility index (Phi) is 6.92. The van der Waals surface area contributed by atoms with Crippen LogP contribution in [0.5, 0.6) is 0 Å². The first-order chi connectivity index (χ1) is 9.99. The molecular weight excluding hydrogens is 264 g/mol. The smallest absolute Gasteiger partial charge is 0.223 e. The van der Waals surface area contributed by atoms with Crippen molar-refractivity contribution in [3.05, 3.63) is 29.8 Å². The Balaban J connectivity index is 2.61. The number of aryl methyl sites for hydroxylation is 1. The van der Waals surface area contributed by atoms with Crippen LogP contribution in [0, 0.1) is 12.8 Å². The van der Waals surface area contributed by atoms with Crippen LogP contribution in [0.1, 0.15) is 39.2 Å². The molecule has 0 saturated heterocycles. The first-order valence-corrected chi connectivity index (χ1v) is 7.62. The van der Waals surface area contributed by atoms with Gasteiger partial charge in [-0.25, -0.2) is 0 Å². The van der Waals surface area contributed by atoms with E-state index in [1.54, 1.807) is 11.8 Å². The number of nitrogens with one attached hydrogen (secondary N) is 1. The lowest BCUT2D eigenvalue weighted by atomic mass is 10.0. The molecule has 1 aromatic carbocycles. The highest BCUT2D eigenvalue weighted by atomic mass is 16.2. The lowest BCUT2D eigenvalue weighted by Crippen LogP contribution is -2.39. The second-order valence-corrected chi connectivity index (χ2v) is 5.31. The van der Waals surface area contributed by atoms with Gasteiger partial charge in [-0.05, 0) is 37.5 Å². The molecule has 0 bridgehead atoms. The zero-order valence-electron chi connectivity index (χ0n) is 13.5. The zero-order valence-corrected chi connectivity index (χ0v) is 13.5. The van der Waals surface area contributed by atoms with E-state index in [2.05, 4.69) is 5.32 Å². The van der Waals surface area contributed by atoms with Crippen molar-refractivity contribution >= 4 is 17.5 Å². The molecule has 0 saturated carbocycles. The molecule has 0 spiro atoms. The first-order valence-electron chi connectivity index (χ1n) is 7.62. The number of hydrogen-bond donors (Lipinski definition) is 1. The zero-order chi connectivity index (χ0) is 15.8. The molecular formula is C17H26N2O2. The maximum Gasteiger partial charge on any atom is 0.223 e. The molecule has 0 aliphatic rings. The Labute approximate surface area is 127 Å². The number of carbonyl (C=O) groups excluding carboxylic acids is 2. The van der Waals surface area contributed by atoms with Crippen molar-refractivity contribution in [3.63, 3.8) is 0 Å². The van der Waals surface area contributed by atoms with Crippen molar-refractivity contribution in [3.8, 4) is 0 Å².